The topological polar surface area (TPSA) is 25.8 Å². The molecule has 0 saturated heterocycles. The van der Waals surface area contributed by atoms with Gasteiger partial charge in [0.25, 0.3) is 0 Å². The van der Waals surface area contributed by atoms with Crippen molar-refractivity contribution in [1.29, 1.82) is 0 Å². The molecule has 156 valence electrons. The van der Waals surface area contributed by atoms with Crippen molar-refractivity contribution in [2.24, 2.45) is 0 Å². The summed E-state index contributed by atoms with van der Waals surface area (Å²) < 4.78 is 12.2. The molecule has 3 aromatic carbocycles. The van der Waals surface area contributed by atoms with Crippen LogP contribution in [0.2, 0.25) is 17.3 Å². The van der Waals surface area contributed by atoms with E-state index >= 15 is 0 Å². The van der Waals surface area contributed by atoms with Crippen LogP contribution >= 0.6 is 11.3 Å². The molecule has 31 heavy (non-hydrogen) atoms. The molecule has 2 heterocycles. The quantitative estimate of drug-likeness (QED) is 0.242. The second-order valence-electron chi connectivity index (χ2n) is 10.4. The van der Waals surface area contributed by atoms with Crippen LogP contribution in [0.1, 0.15) is 27.7 Å². The summed E-state index contributed by atoms with van der Waals surface area (Å²) in [6.07, 6.45) is 0.0789. The zero-order valence-electron chi connectivity index (χ0n) is 20.0. The second-order valence-corrected chi connectivity index (χ2v) is 22.1. The summed E-state index contributed by atoms with van der Waals surface area (Å²) in [6, 6.07) is 19.9. The molecular formula is C27H28GeN2S. The van der Waals surface area contributed by atoms with Crippen LogP contribution in [-0.2, 0) is 5.41 Å². The van der Waals surface area contributed by atoms with Gasteiger partial charge in [-0.25, -0.2) is 0 Å². The Labute approximate surface area is 192 Å². The van der Waals surface area contributed by atoms with Crippen LogP contribution in [0.3, 0.4) is 0 Å². The van der Waals surface area contributed by atoms with Gasteiger partial charge in [0.2, 0.25) is 0 Å². The summed E-state index contributed by atoms with van der Waals surface area (Å²) in [6.45, 7) is 6.76. The molecule has 0 amide bonds. The molecule has 5 aromatic rings. The van der Waals surface area contributed by atoms with E-state index in [0.29, 0.717) is 0 Å². The second kappa shape index (κ2) is 7.14. The molecule has 0 atom stereocenters. The number of benzene rings is 3. The van der Waals surface area contributed by atoms with Gasteiger partial charge in [-0.3, -0.25) is 0 Å². The number of aromatic nitrogens is 2. The van der Waals surface area contributed by atoms with Gasteiger partial charge in [-0.15, -0.1) is 0 Å². The fourth-order valence-corrected chi connectivity index (χ4v) is 8.11. The zero-order chi connectivity index (χ0) is 22.8. The molecule has 2 aromatic heterocycles. The first kappa shape index (κ1) is 19.4. The first-order valence-electron chi connectivity index (χ1n) is 11.3. The van der Waals surface area contributed by atoms with Crippen LogP contribution < -0.4 is 4.40 Å². The summed E-state index contributed by atoms with van der Waals surface area (Å²) in [5.41, 5.74) is 4.14. The first-order chi connectivity index (χ1) is 15.0. The van der Waals surface area contributed by atoms with E-state index in [1.165, 1.54) is 25.4 Å². The zero-order valence-corrected chi connectivity index (χ0v) is 21.9. The van der Waals surface area contributed by atoms with E-state index < -0.39 is 13.3 Å². The Bertz CT molecular complexity index is 1510. The van der Waals surface area contributed by atoms with Crippen molar-refractivity contribution in [1.82, 2.24) is 9.97 Å². The molecule has 0 spiro atoms. The van der Waals surface area contributed by atoms with Crippen molar-refractivity contribution in [2.45, 2.75) is 43.5 Å². The van der Waals surface area contributed by atoms with Crippen LogP contribution in [0, 0.1) is 0 Å². The molecule has 0 aliphatic carbocycles. The van der Waals surface area contributed by atoms with Crippen molar-refractivity contribution in [2.75, 3.05) is 0 Å². The van der Waals surface area contributed by atoms with Gasteiger partial charge in [-0.05, 0) is 0 Å². The van der Waals surface area contributed by atoms with Crippen molar-refractivity contribution < 1.29 is 1.37 Å². The summed E-state index contributed by atoms with van der Waals surface area (Å²) in [5, 5.41) is 3.62. The van der Waals surface area contributed by atoms with E-state index in [1.54, 1.807) is 11.3 Å². The maximum atomic E-state index is 8.35. The maximum absolute atomic E-state index is 8.35. The van der Waals surface area contributed by atoms with E-state index in [-0.39, 0.29) is 11.7 Å². The molecule has 5 rings (SSSR count). The minimum atomic E-state index is -1.94. The Morgan fingerprint density at radius 1 is 0.903 bits per heavy atom. The Hall–Kier alpha value is -2.24. The summed E-state index contributed by atoms with van der Waals surface area (Å²) >= 11 is -0.174. The van der Waals surface area contributed by atoms with Gasteiger partial charge in [0.15, 0.2) is 0 Å². The SMILES string of the molecule is [2H]c1nc(-c2cc(C(C)(C)C)c3ccccc3c2)c2sc3c[c]([Ge]([CH3])([CH3])[CH3])ccc3c2n1. The van der Waals surface area contributed by atoms with E-state index in [1.807, 2.05) is 0 Å². The van der Waals surface area contributed by atoms with Gasteiger partial charge in [-0.2, -0.15) is 0 Å². The Morgan fingerprint density at radius 3 is 2.42 bits per heavy atom. The monoisotopic (exact) mass is 487 g/mol. The van der Waals surface area contributed by atoms with Crippen molar-refractivity contribution >= 4 is 60.1 Å². The summed E-state index contributed by atoms with van der Waals surface area (Å²) in [7, 11) is 0. The normalized spacial score (nSPS) is 13.3. The van der Waals surface area contributed by atoms with Crippen LogP contribution in [0.4, 0.5) is 0 Å². The van der Waals surface area contributed by atoms with E-state index in [2.05, 4.69) is 103 Å². The summed E-state index contributed by atoms with van der Waals surface area (Å²) in [5.74, 6) is 7.26. The van der Waals surface area contributed by atoms with Gasteiger partial charge in [-0.1, -0.05) is 0 Å². The molecule has 0 aliphatic rings. The number of fused-ring (bicyclic) bond motifs is 4. The third kappa shape index (κ3) is 3.58. The number of thiophene rings is 1. The molecular weight excluding hydrogens is 457 g/mol. The average molecular weight is 486 g/mol. The fourth-order valence-electron chi connectivity index (χ4n) is 4.26. The minimum absolute atomic E-state index is 0.000422. The molecule has 0 bridgehead atoms. The van der Waals surface area contributed by atoms with Crippen molar-refractivity contribution in [3.8, 4) is 11.3 Å². The predicted octanol–water partition coefficient (Wildman–Crippen LogP) is 7.51. The molecule has 0 unspecified atom stereocenters. The van der Waals surface area contributed by atoms with E-state index in [4.69, 9.17) is 1.37 Å². The predicted molar refractivity (Wildman–Crippen MR) is 140 cm³/mol. The molecule has 0 N–H and O–H groups in total. The fraction of sp³-hybridized carbons (Fsp3) is 0.259. The Balaban J connectivity index is 1.84. The van der Waals surface area contributed by atoms with Gasteiger partial charge in [0.1, 0.15) is 0 Å². The van der Waals surface area contributed by atoms with Crippen LogP contribution in [0.25, 0.3) is 42.3 Å². The van der Waals surface area contributed by atoms with Crippen molar-refractivity contribution in [3.05, 3.63) is 66.5 Å². The molecule has 0 radical (unpaired) electrons. The van der Waals surface area contributed by atoms with Crippen LogP contribution in [0.5, 0.6) is 0 Å². The van der Waals surface area contributed by atoms with Gasteiger partial charge in [0.05, 0.1) is 0 Å². The van der Waals surface area contributed by atoms with E-state index in [9.17, 15) is 0 Å². The van der Waals surface area contributed by atoms with Gasteiger partial charge >= 0.3 is 193 Å². The number of hydrogen-bond acceptors (Lipinski definition) is 3. The molecule has 0 fully saturated rings. The number of hydrogen-bond donors (Lipinski definition) is 0. The van der Waals surface area contributed by atoms with Crippen LogP contribution in [0.15, 0.2) is 60.9 Å². The summed E-state index contributed by atoms with van der Waals surface area (Å²) in [4.78, 5) is 9.20. The Morgan fingerprint density at radius 2 is 1.68 bits per heavy atom. The Kier molecular flexibility index (Phi) is 4.48. The molecule has 0 saturated carbocycles. The standard InChI is InChI=1S/C27H28GeN2S/c1-27(2,3)22-14-18(13-17-9-7-8-10-20(17)22)24-26-25(30-16-29-24)21-12-11-19(28(4,5)6)15-23(21)31-26/h7-16H,1-6H3/i16D. The van der Waals surface area contributed by atoms with Gasteiger partial charge in [0, 0.05) is 0 Å². The average Bonchev–Trinajstić information content (AvgIpc) is 3.08. The molecule has 2 nitrogen and oxygen atoms in total. The van der Waals surface area contributed by atoms with E-state index in [0.717, 1.165) is 26.9 Å². The third-order valence-corrected chi connectivity index (χ3v) is 11.4. The molecule has 4 heteroatoms. The number of rotatable bonds is 2. The third-order valence-electron chi connectivity index (χ3n) is 6.01. The van der Waals surface area contributed by atoms with Gasteiger partial charge < -0.3 is 0 Å². The first-order valence-corrected chi connectivity index (χ1v) is 18.9. The van der Waals surface area contributed by atoms with Crippen LogP contribution in [-0.4, -0.2) is 23.2 Å². The van der Waals surface area contributed by atoms with Crippen molar-refractivity contribution in [3.63, 3.8) is 0 Å². The number of nitrogens with zero attached hydrogens (tertiary/aromatic N) is 2. The molecule has 0 aliphatic heterocycles.